The fourth-order valence-corrected chi connectivity index (χ4v) is 1.32. The summed E-state index contributed by atoms with van der Waals surface area (Å²) in [6.45, 7) is 1.60. The molecule has 1 aromatic heterocycles. The Balaban J connectivity index is 3.06. The maximum absolute atomic E-state index is 12.6. The molecule has 0 aliphatic carbocycles. The molecule has 0 aliphatic heterocycles. The van der Waals surface area contributed by atoms with Crippen LogP contribution >= 0.6 is 0 Å². The van der Waals surface area contributed by atoms with E-state index < -0.39 is 24.5 Å². The molecule has 0 amide bonds. The number of hydrogen-bond donors (Lipinski definition) is 1. The number of aliphatic carboxylic acids is 1. The van der Waals surface area contributed by atoms with E-state index in [1.165, 1.54) is 17.8 Å². The molecule has 4 nitrogen and oxygen atoms in total. The minimum Gasteiger partial charge on any atom is -0.481 e. The highest BCUT2D eigenvalue weighted by atomic mass is 19.4. The van der Waals surface area contributed by atoms with E-state index in [4.69, 9.17) is 5.11 Å². The number of carboxylic acid groups (broad SMARTS) is 1. The van der Waals surface area contributed by atoms with Crippen LogP contribution in [0.1, 0.15) is 23.7 Å². The monoisotopic (exact) mass is 236 g/mol. The van der Waals surface area contributed by atoms with Crippen molar-refractivity contribution in [2.75, 3.05) is 0 Å². The Bertz CT molecular complexity index is 378. The molecule has 0 spiro atoms. The maximum Gasteiger partial charge on any atom is 0.397 e. The number of aromatic nitrogens is 2. The average Bonchev–Trinajstić information content (AvgIpc) is 2.40. The van der Waals surface area contributed by atoms with E-state index in [0.29, 0.717) is 5.69 Å². The van der Waals surface area contributed by atoms with E-state index in [1.54, 1.807) is 6.92 Å². The van der Waals surface area contributed by atoms with Crippen LogP contribution in [-0.4, -0.2) is 27.0 Å². The first kappa shape index (κ1) is 12.5. The van der Waals surface area contributed by atoms with Crippen molar-refractivity contribution in [3.63, 3.8) is 0 Å². The summed E-state index contributed by atoms with van der Waals surface area (Å²) >= 11 is 0. The van der Waals surface area contributed by atoms with Gasteiger partial charge in [0, 0.05) is 12.7 Å². The molecule has 90 valence electrons. The highest BCUT2D eigenvalue weighted by Crippen LogP contribution is 2.36. The summed E-state index contributed by atoms with van der Waals surface area (Å²) in [7, 11) is 1.51. The average molecular weight is 236 g/mol. The van der Waals surface area contributed by atoms with E-state index in [0.717, 1.165) is 0 Å². The van der Waals surface area contributed by atoms with Gasteiger partial charge in [-0.2, -0.15) is 18.3 Å². The lowest BCUT2D eigenvalue weighted by atomic mass is 10.0. The molecule has 1 N–H and O–H groups in total. The van der Waals surface area contributed by atoms with E-state index in [2.05, 4.69) is 5.10 Å². The summed E-state index contributed by atoms with van der Waals surface area (Å²) in [5.74, 6) is -3.55. The van der Waals surface area contributed by atoms with Crippen molar-refractivity contribution >= 4 is 5.97 Å². The molecule has 0 bridgehead atoms. The first-order valence-electron chi connectivity index (χ1n) is 4.51. The van der Waals surface area contributed by atoms with Gasteiger partial charge in [-0.3, -0.25) is 9.48 Å². The molecule has 1 heterocycles. The Kier molecular flexibility index (Phi) is 3.25. The van der Waals surface area contributed by atoms with Crippen molar-refractivity contribution in [1.29, 1.82) is 0 Å². The molecular weight excluding hydrogens is 225 g/mol. The molecular formula is C9H11F3N2O2. The van der Waals surface area contributed by atoms with Gasteiger partial charge in [-0.15, -0.1) is 0 Å². The summed E-state index contributed by atoms with van der Waals surface area (Å²) in [6, 6.07) is 1.25. The second-order valence-corrected chi connectivity index (χ2v) is 3.53. The van der Waals surface area contributed by atoms with Gasteiger partial charge in [-0.05, 0) is 13.0 Å². The zero-order valence-corrected chi connectivity index (χ0v) is 8.75. The second kappa shape index (κ2) is 4.15. The van der Waals surface area contributed by atoms with Gasteiger partial charge in [-0.25, -0.2) is 0 Å². The second-order valence-electron chi connectivity index (χ2n) is 3.53. The summed E-state index contributed by atoms with van der Waals surface area (Å²) in [4.78, 5) is 10.4. The predicted molar refractivity (Wildman–Crippen MR) is 49.0 cm³/mol. The van der Waals surface area contributed by atoms with Gasteiger partial charge < -0.3 is 5.11 Å². The van der Waals surface area contributed by atoms with Gasteiger partial charge in [0.1, 0.15) is 5.92 Å². The highest BCUT2D eigenvalue weighted by molar-refractivity contribution is 5.68. The number of carboxylic acids is 1. The van der Waals surface area contributed by atoms with Gasteiger partial charge >= 0.3 is 12.1 Å². The third-order valence-electron chi connectivity index (χ3n) is 2.26. The van der Waals surface area contributed by atoms with E-state index in [1.807, 2.05) is 0 Å². The molecule has 0 saturated carbocycles. The van der Waals surface area contributed by atoms with Gasteiger partial charge in [0.05, 0.1) is 12.1 Å². The Hall–Kier alpha value is -1.53. The predicted octanol–water partition coefficient (Wildman–Crippen LogP) is 1.85. The molecule has 1 unspecified atom stereocenters. The van der Waals surface area contributed by atoms with Crippen LogP contribution in [0.3, 0.4) is 0 Å². The quantitative estimate of drug-likeness (QED) is 0.871. The molecule has 0 aromatic carbocycles. The fourth-order valence-electron chi connectivity index (χ4n) is 1.32. The van der Waals surface area contributed by atoms with Crippen molar-refractivity contribution in [3.8, 4) is 0 Å². The summed E-state index contributed by atoms with van der Waals surface area (Å²) in [5, 5.41) is 12.1. The Morgan fingerprint density at radius 1 is 1.62 bits per heavy atom. The summed E-state index contributed by atoms with van der Waals surface area (Å²) in [6.07, 6.45) is -5.60. The molecule has 16 heavy (non-hydrogen) atoms. The first-order valence-corrected chi connectivity index (χ1v) is 4.51. The molecule has 0 radical (unpaired) electrons. The van der Waals surface area contributed by atoms with Gasteiger partial charge in [-0.1, -0.05) is 0 Å². The van der Waals surface area contributed by atoms with Crippen LogP contribution < -0.4 is 0 Å². The van der Waals surface area contributed by atoms with Gasteiger partial charge in [0.2, 0.25) is 0 Å². The van der Waals surface area contributed by atoms with Crippen LogP contribution in [0.2, 0.25) is 0 Å². The third-order valence-corrected chi connectivity index (χ3v) is 2.26. The van der Waals surface area contributed by atoms with Crippen molar-refractivity contribution in [1.82, 2.24) is 9.78 Å². The standard InChI is InChI=1S/C9H11F3N2O2/c1-5-3-7(13-14(5)2)6(4-8(15)16)9(10,11)12/h3,6H,4H2,1-2H3,(H,15,16). The normalized spacial score (nSPS) is 13.8. The highest BCUT2D eigenvalue weighted by Gasteiger charge is 2.43. The summed E-state index contributed by atoms with van der Waals surface area (Å²) in [5.41, 5.74) is 0.296. The van der Waals surface area contributed by atoms with Crippen molar-refractivity contribution in [2.24, 2.45) is 7.05 Å². The Morgan fingerprint density at radius 2 is 2.19 bits per heavy atom. The Morgan fingerprint density at radius 3 is 2.50 bits per heavy atom. The largest absolute Gasteiger partial charge is 0.481 e. The van der Waals surface area contributed by atoms with Crippen molar-refractivity contribution < 1.29 is 23.1 Å². The number of rotatable bonds is 3. The number of alkyl halides is 3. The lowest BCUT2D eigenvalue weighted by Crippen LogP contribution is -2.24. The van der Waals surface area contributed by atoms with Gasteiger partial charge in [0.25, 0.3) is 0 Å². The Labute approximate surface area is 89.7 Å². The molecule has 7 heteroatoms. The smallest absolute Gasteiger partial charge is 0.397 e. The molecule has 1 atom stereocenters. The molecule has 1 aromatic rings. The molecule has 0 saturated heterocycles. The zero-order chi connectivity index (χ0) is 12.5. The van der Waals surface area contributed by atoms with Crippen LogP contribution in [0.25, 0.3) is 0 Å². The van der Waals surface area contributed by atoms with Crippen LogP contribution in [0.15, 0.2) is 6.07 Å². The maximum atomic E-state index is 12.6. The lowest BCUT2D eigenvalue weighted by Gasteiger charge is -2.15. The molecule has 0 fully saturated rings. The van der Waals surface area contributed by atoms with E-state index in [-0.39, 0.29) is 5.69 Å². The minimum atomic E-state index is -4.60. The van der Waals surface area contributed by atoms with Crippen LogP contribution in [0.5, 0.6) is 0 Å². The molecule has 1 rings (SSSR count). The van der Waals surface area contributed by atoms with Crippen molar-refractivity contribution in [2.45, 2.75) is 25.4 Å². The minimum absolute atomic E-state index is 0.255. The number of hydrogen-bond acceptors (Lipinski definition) is 2. The van der Waals surface area contributed by atoms with E-state index in [9.17, 15) is 18.0 Å². The van der Waals surface area contributed by atoms with E-state index >= 15 is 0 Å². The van der Waals surface area contributed by atoms with Crippen LogP contribution in [-0.2, 0) is 11.8 Å². The summed E-state index contributed by atoms with van der Waals surface area (Å²) < 4.78 is 39.1. The van der Waals surface area contributed by atoms with Crippen LogP contribution in [0.4, 0.5) is 13.2 Å². The fraction of sp³-hybridized carbons (Fsp3) is 0.556. The number of carbonyl (C=O) groups is 1. The SMILES string of the molecule is Cc1cc(C(CC(=O)O)C(F)(F)F)nn1C. The van der Waals surface area contributed by atoms with Crippen molar-refractivity contribution in [3.05, 3.63) is 17.5 Å². The topological polar surface area (TPSA) is 55.1 Å². The number of nitrogens with zero attached hydrogens (tertiary/aromatic N) is 2. The molecule has 0 aliphatic rings. The lowest BCUT2D eigenvalue weighted by molar-refractivity contribution is -0.164. The van der Waals surface area contributed by atoms with Crippen LogP contribution in [0, 0.1) is 6.92 Å². The first-order chi connectivity index (χ1) is 7.21. The van der Waals surface area contributed by atoms with Gasteiger partial charge in [0.15, 0.2) is 0 Å². The number of halogens is 3. The third kappa shape index (κ3) is 2.74. The number of aryl methyl sites for hydroxylation is 2. The zero-order valence-electron chi connectivity index (χ0n) is 8.75.